The first-order valence-electron chi connectivity index (χ1n) is 6.69. The van der Waals surface area contributed by atoms with E-state index in [9.17, 15) is 9.18 Å². The Bertz CT molecular complexity index is 841. The number of nitrogens with zero attached hydrogens (tertiary/aromatic N) is 2. The fourth-order valence-corrected chi connectivity index (χ4v) is 2.41. The lowest BCUT2D eigenvalue weighted by Gasteiger charge is -2.04. The van der Waals surface area contributed by atoms with Crippen LogP contribution in [0.1, 0.15) is 16.4 Å². The SMILES string of the molecule is Cn1c(CCNC(=O)c2ccc(Cl)o2)nc2c(F)cccc21. The van der Waals surface area contributed by atoms with Crippen LogP contribution in [0.2, 0.25) is 5.22 Å². The van der Waals surface area contributed by atoms with Crippen molar-refractivity contribution >= 4 is 28.5 Å². The standard InChI is InChI=1S/C15H13ClFN3O2/c1-20-10-4-2-3-9(17)14(10)19-13(20)7-8-18-15(21)11-5-6-12(16)22-11/h2-6H,7-8H2,1H3,(H,18,21). The first-order chi connectivity index (χ1) is 10.6. The van der Waals surface area contributed by atoms with Crippen LogP contribution in [0.5, 0.6) is 0 Å². The summed E-state index contributed by atoms with van der Waals surface area (Å²) in [6.07, 6.45) is 0.477. The topological polar surface area (TPSA) is 60.1 Å². The number of fused-ring (bicyclic) bond motifs is 1. The molecule has 0 fully saturated rings. The first kappa shape index (κ1) is 14.6. The number of aromatic nitrogens is 2. The number of amides is 1. The van der Waals surface area contributed by atoms with Crippen molar-refractivity contribution in [3.63, 3.8) is 0 Å². The number of imidazole rings is 1. The highest BCUT2D eigenvalue weighted by atomic mass is 35.5. The second-order valence-electron chi connectivity index (χ2n) is 4.80. The lowest BCUT2D eigenvalue weighted by molar-refractivity contribution is 0.0926. The molecule has 1 N–H and O–H groups in total. The molecule has 0 saturated carbocycles. The van der Waals surface area contributed by atoms with Crippen LogP contribution in [0.15, 0.2) is 34.7 Å². The van der Waals surface area contributed by atoms with E-state index in [-0.39, 0.29) is 22.7 Å². The fourth-order valence-electron chi connectivity index (χ4n) is 2.26. The van der Waals surface area contributed by atoms with E-state index in [1.54, 1.807) is 12.1 Å². The number of carbonyl (C=O) groups is 1. The molecular formula is C15H13ClFN3O2. The molecule has 7 heteroatoms. The van der Waals surface area contributed by atoms with Crippen LogP contribution >= 0.6 is 11.6 Å². The Hall–Kier alpha value is -2.34. The fraction of sp³-hybridized carbons (Fsp3) is 0.200. The summed E-state index contributed by atoms with van der Waals surface area (Å²) in [5.74, 6) is 0.143. The lowest BCUT2D eigenvalue weighted by Crippen LogP contribution is -2.25. The molecule has 2 heterocycles. The maximum Gasteiger partial charge on any atom is 0.287 e. The Morgan fingerprint density at radius 2 is 2.23 bits per heavy atom. The number of hydrogen-bond donors (Lipinski definition) is 1. The van der Waals surface area contributed by atoms with Gasteiger partial charge in [0.25, 0.3) is 5.91 Å². The van der Waals surface area contributed by atoms with Crippen LogP contribution in [-0.2, 0) is 13.5 Å². The minimum absolute atomic E-state index is 0.154. The minimum Gasteiger partial charge on any atom is -0.440 e. The third-order valence-electron chi connectivity index (χ3n) is 3.39. The molecule has 5 nitrogen and oxygen atoms in total. The van der Waals surface area contributed by atoms with Gasteiger partial charge in [-0.05, 0) is 35.9 Å². The van der Waals surface area contributed by atoms with Gasteiger partial charge < -0.3 is 14.3 Å². The number of carbonyl (C=O) groups excluding carboxylic acids is 1. The van der Waals surface area contributed by atoms with Crippen molar-refractivity contribution in [2.45, 2.75) is 6.42 Å². The van der Waals surface area contributed by atoms with Gasteiger partial charge in [-0.3, -0.25) is 4.79 Å². The monoisotopic (exact) mass is 321 g/mol. The molecule has 1 amide bonds. The molecule has 0 aliphatic heterocycles. The van der Waals surface area contributed by atoms with Crippen molar-refractivity contribution in [3.05, 3.63) is 53.0 Å². The van der Waals surface area contributed by atoms with Gasteiger partial charge in [-0.2, -0.15) is 0 Å². The van der Waals surface area contributed by atoms with Gasteiger partial charge in [0.1, 0.15) is 11.3 Å². The normalized spacial score (nSPS) is 11.0. The quantitative estimate of drug-likeness (QED) is 0.803. The molecule has 1 aromatic carbocycles. The number of benzene rings is 1. The number of aryl methyl sites for hydroxylation is 1. The number of halogens is 2. The number of hydrogen-bond acceptors (Lipinski definition) is 3. The van der Waals surface area contributed by atoms with Crippen LogP contribution < -0.4 is 5.32 Å². The Balaban J connectivity index is 1.68. The molecule has 3 rings (SSSR count). The maximum atomic E-state index is 13.7. The van der Waals surface area contributed by atoms with Gasteiger partial charge in [0.2, 0.25) is 0 Å². The van der Waals surface area contributed by atoms with E-state index >= 15 is 0 Å². The number of furan rings is 1. The van der Waals surface area contributed by atoms with Crippen molar-refractivity contribution < 1.29 is 13.6 Å². The molecule has 3 aromatic rings. The van der Waals surface area contributed by atoms with Crippen molar-refractivity contribution in [2.75, 3.05) is 6.54 Å². The Labute approximate surface area is 130 Å². The summed E-state index contributed by atoms with van der Waals surface area (Å²) < 4.78 is 20.5. The number of nitrogens with one attached hydrogen (secondary N) is 1. The van der Waals surface area contributed by atoms with E-state index in [4.69, 9.17) is 16.0 Å². The predicted molar refractivity (Wildman–Crippen MR) is 80.4 cm³/mol. The first-order valence-corrected chi connectivity index (χ1v) is 7.07. The van der Waals surface area contributed by atoms with E-state index < -0.39 is 0 Å². The van der Waals surface area contributed by atoms with Gasteiger partial charge in [0.15, 0.2) is 16.8 Å². The minimum atomic E-state index is -0.353. The van der Waals surface area contributed by atoms with Crippen molar-refractivity contribution in [1.29, 1.82) is 0 Å². The maximum absolute atomic E-state index is 13.7. The number of rotatable bonds is 4. The van der Waals surface area contributed by atoms with Crippen molar-refractivity contribution in [3.8, 4) is 0 Å². The Kier molecular flexibility index (Phi) is 3.85. The lowest BCUT2D eigenvalue weighted by atomic mass is 10.3. The molecular weight excluding hydrogens is 309 g/mol. The van der Waals surface area contributed by atoms with E-state index in [0.717, 1.165) is 5.52 Å². The van der Waals surface area contributed by atoms with Gasteiger partial charge in [0, 0.05) is 20.0 Å². The Morgan fingerprint density at radius 1 is 1.41 bits per heavy atom. The molecule has 114 valence electrons. The molecule has 0 atom stereocenters. The summed E-state index contributed by atoms with van der Waals surface area (Å²) in [5.41, 5.74) is 1.06. The van der Waals surface area contributed by atoms with Crippen LogP contribution in [0, 0.1) is 5.82 Å². The van der Waals surface area contributed by atoms with Gasteiger partial charge in [-0.15, -0.1) is 0 Å². The van der Waals surface area contributed by atoms with Gasteiger partial charge >= 0.3 is 0 Å². The van der Waals surface area contributed by atoms with Crippen LogP contribution in [0.4, 0.5) is 4.39 Å². The van der Waals surface area contributed by atoms with E-state index in [1.807, 2.05) is 11.6 Å². The molecule has 0 bridgehead atoms. The van der Waals surface area contributed by atoms with Crippen LogP contribution in [0.25, 0.3) is 11.0 Å². The summed E-state index contributed by atoms with van der Waals surface area (Å²) in [6, 6.07) is 7.83. The molecule has 0 radical (unpaired) electrons. The molecule has 2 aromatic heterocycles. The molecule has 0 spiro atoms. The molecule has 22 heavy (non-hydrogen) atoms. The van der Waals surface area contributed by atoms with Gasteiger partial charge in [-0.1, -0.05) is 6.07 Å². The molecule has 0 unspecified atom stereocenters. The summed E-state index contributed by atoms with van der Waals surface area (Å²) in [6.45, 7) is 0.357. The summed E-state index contributed by atoms with van der Waals surface area (Å²) in [4.78, 5) is 16.1. The van der Waals surface area contributed by atoms with Crippen LogP contribution in [-0.4, -0.2) is 22.0 Å². The predicted octanol–water partition coefficient (Wildman–Crippen LogP) is 2.93. The van der Waals surface area contributed by atoms with E-state index in [2.05, 4.69) is 10.3 Å². The van der Waals surface area contributed by atoms with Gasteiger partial charge in [0.05, 0.1) is 5.52 Å². The smallest absolute Gasteiger partial charge is 0.287 e. The second kappa shape index (κ2) is 5.81. The zero-order valence-electron chi connectivity index (χ0n) is 11.8. The summed E-state index contributed by atoms with van der Waals surface area (Å²) in [5, 5.41) is 2.87. The third-order valence-corrected chi connectivity index (χ3v) is 3.59. The average molecular weight is 322 g/mol. The Morgan fingerprint density at radius 3 is 2.91 bits per heavy atom. The third kappa shape index (κ3) is 2.69. The highest BCUT2D eigenvalue weighted by Crippen LogP contribution is 2.18. The zero-order valence-corrected chi connectivity index (χ0v) is 12.5. The van der Waals surface area contributed by atoms with Crippen LogP contribution in [0.3, 0.4) is 0 Å². The van der Waals surface area contributed by atoms with E-state index in [0.29, 0.717) is 24.3 Å². The zero-order chi connectivity index (χ0) is 15.7. The van der Waals surface area contributed by atoms with Crippen molar-refractivity contribution in [1.82, 2.24) is 14.9 Å². The van der Waals surface area contributed by atoms with E-state index in [1.165, 1.54) is 18.2 Å². The average Bonchev–Trinajstić information content (AvgIpc) is 3.06. The summed E-state index contributed by atoms with van der Waals surface area (Å²) in [7, 11) is 1.82. The largest absolute Gasteiger partial charge is 0.440 e. The second-order valence-corrected chi connectivity index (χ2v) is 5.18. The van der Waals surface area contributed by atoms with Crippen molar-refractivity contribution in [2.24, 2.45) is 7.05 Å². The highest BCUT2D eigenvalue weighted by Gasteiger charge is 2.13. The highest BCUT2D eigenvalue weighted by molar-refractivity contribution is 6.29. The molecule has 0 aliphatic rings. The number of para-hydroxylation sites is 1. The van der Waals surface area contributed by atoms with Gasteiger partial charge in [-0.25, -0.2) is 9.37 Å². The molecule has 0 saturated heterocycles. The molecule has 0 aliphatic carbocycles. The summed E-state index contributed by atoms with van der Waals surface area (Å²) >= 11 is 5.62.